The van der Waals surface area contributed by atoms with Crippen molar-refractivity contribution in [2.75, 3.05) is 18.1 Å². The molecule has 1 heterocycles. The van der Waals surface area contributed by atoms with E-state index in [1.165, 1.54) is 24.3 Å². The first kappa shape index (κ1) is 21.3. The van der Waals surface area contributed by atoms with Crippen molar-refractivity contribution in [2.45, 2.75) is 13.8 Å². The number of nitrogens with one attached hydrogen (secondary N) is 1. The molecule has 30 heavy (non-hydrogen) atoms. The lowest BCUT2D eigenvalue weighted by Crippen LogP contribution is -2.26. The van der Waals surface area contributed by atoms with E-state index in [2.05, 4.69) is 10.3 Å². The van der Waals surface area contributed by atoms with Crippen LogP contribution in [-0.2, 0) is 9.59 Å². The minimum absolute atomic E-state index is 0.127. The van der Waals surface area contributed by atoms with E-state index in [-0.39, 0.29) is 11.8 Å². The third-order valence-corrected chi connectivity index (χ3v) is 4.94. The van der Waals surface area contributed by atoms with Gasteiger partial charge in [-0.2, -0.15) is 0 Å². The fraction of sp³-hybridized carbons (Fsp3) is 0.174. The summed E-state index contributed by atoms with van der Waals surface area (Å²) in [6, 6.07) is 17.1. The van der Waals surface area contributed by atoms with E-state index in [9.17, 15) is 9.59 Å². The van der Waals surface area contributed by atoms with Crippen molar-refractivity contribution in [2.24, 2.45) is 0 Å². The van der Waals surface area contributed by atoms with Crippen molar-refractivity contribution in [3.63, 3.8) is 0 Å². The SMILES string of the molecule is CC(=O)N(c1ccccc1)c1nc(/C=C/C(=O)NCCOc2cccc(C)c2)cs1. The number of rotatable bonds is 8. The van der Waals surface area contributed by atoms with Crippen LogP contribution in [0.2, 0.25) is 0 Å². The van der Waals surface area contributed by atoms with E-state index in [1.54, 1.807) is 16.4 Å². The average Bonchev–Trinajstić information content (AvgIpc) is 3.19. The molecule has 0 saturated heterocycles. The van der Waals surface area contributed by atoms with E-state index < -0.39 is 0 Å². The molecule has 2 amide bonds. The summed E-state index contributed by atoms with van der Waals surface area (Å²) in [6.45, 7) is 4.27. The molecule has 3 rings (SSSR count). The van der Waals surface area contributed by atoms with Crippen molar-refractivity contribution in [3.8, 4) is 5.75 Å². The third-order valence-electron chi connectivity index (χ3n) is 4.10. The van der Waals surface area contributed by atoms with Gasteiger partial charge in [-0.25, -0.2) is 4.98 Å². The van der Waals surface area contributed by atoms with Crippen LogP contribution in [0.5, 0.6) is 5.75 Å². The Bertz CT molecular complexity index is 1030. The number of aryl methyl sites for hydroxylation is 1. The lowest BCUT2D eigenvalue weighted by molar-refractivity contribution is -0.117. The molecule has 1 N–H and O–H groups in total. The number of anilines is 2. The molecule has 0 bridgehead atoms. The average molecular weight is 422 g/mol. The number of aromatic nitrogens is 1. The van der Waals surface area contributed by atoms with Crippen LogP contribution < -0.4 is 15.0 Å². The number of benzene rings is 2. The second-order valence-corrected chi connectivity index (χ2v) is 7.37. The van der Waals surface area contributed by atoms with Crippen LogP contribution in [0.3, 0.4) is 0 Å². The number of thiazole rings is 1. The summed E-state index contributed by atoms with van der Waals surface area (Å²) in [5.74, 6) is 0.421. The number of hydrogen-bond donors (Lipinski definition) is 1. The predicted octanol–water partition coefficient (Wildman–Crippen LogP) is 4.34. The fourth-order valence-corrected chi connectivity index (χ4v) is 3.58. The van der Waals surface area contributed by atoms with Crippen molar-refractivity contribution >= 4 is 40.0 Å². The maximum absolute atomic E-state index is 12.1. The number of amides is 2. The van der Waals surface area contributed by atoms with Gasteiger partial charge in [-0.3, -0.25) is 14.5 Å². The van der Waals surface area contributed by atoms with Gasteiger partial charge in [0.1, 0.15) is 12.4 Å². The first-order valence-electron chi connectivity index (χ1n) is 9.49. The number of ether oxygens (including phenoxy) is 1. The first-order chi connectivity index (χ1) is 14.5. The molecule has 6 nitrogen and oxygen atoms in total. The Kier molecular flexibility index (Phi) is 7.34. The summed E-state index contributed by atoms with van der Waals surface area (Å²) < 4.78 is 5.61. The summed E-state index contributed by atoms with van der Waals surface area (Å²) >= 11 is 1.34. The minimum Gasteiger partial charge on any atom is -0.492 e. The lowest BCUT2D eigenvalue weighted by atomic mass is 10.2. The largest absolute Gasteiger partial charge is 0.492 e. The number of carbonyl (C=O) groups excluding carboxylic acids is 2. The van der Waals surface area contributed by atoms with Gasteiger partial charge in [0.05, 0.1) is 17.9 Å². The highest BCUT2D eigenvalue weighted by Crippen LogP contribution is 2.28. The predicted molar refractivity (Wildman–Crippen MR) is 120 cm³/mol. The number of para-hydroxylation sites is 1. The van der Waals surface area contributed by atoms with Crippen molar-refractivity contribution in [1.29, 1.82) is 0 Å². The van der Waals surface area contributed by atoms with Crippen molar-refractivity contribution < 1.29 is 14.3 Å². The maximum atomic E-state index is 12.1. The zero-order valence-electron chi connectivity index (χ0n) is 16.9. The highest BCUT2D eigenvalue weighted by molar-refractivity contribution is 7.14. The molecular weight excluding hydrogens is 398 g/mol. The maximum Gasteiger partial charge on any atom is 0.244 e. The summed E-state index contributed by atoms with van der Waals surface area (Å²) in [5.41, 5.74) is 2.49. The molecule has 154 valence electrons. The fourth-order valence-electron chi connectivity index (χ4n) is 2.73. The summed E-state index contributed by atoms with van der Waals surface area (Å²) in [7, 11) is 0. The Morgan fingerprint density at radius 3 is 2.70 bits per heavy atom. The zero-order chi connectivity index (χ0) is 21.3. The second-order valence-electron chi connectivity index (χ2n) is 6.53. The van der Waals surface area contributed by atoms with Gasteiger partial charge in [-0.05, 0) is 42.8 Å². The van der Waals surface area contributed by atoms with Gasteiger partial charge < -0.3 is 10.1 Å². The topological polar surface area (TPSA) is 71.5 Å². The van der Waals surface area contributed by atoms with Gasteiger partial charge in [-0.15, -0.1) is 11.3 Å². The van der Waals surface area contributed by atoms with Gasteiger partial charge in [0, 0.05) is 18.4 Å². The molecule has 1 aromatic heterocycles. The third kappa shape index (κ3) is 6.02. The van der Waals surface area contributed by atoms with Gasteiger partial charge in [0.15, 0.2) is 5.13 Å². The van der Waals surface area contributed by atoms with Crippen LogP contribution in [0.25, 0.3) is 6.08 Å². The molecule has 2 aromatic carbocycles. The summed E-state index contributed by atoms with van der Waals surface area (Å²) in [5, 5.41) is 5.13. The molecular formula is C23H23N3O3S. The van der Waals surface area contributed by atoms with E-state index in [0.29, 0.717) is 24.0 Å². The standard InChI is InChI=1S/C23H23N3O3S/c1-17-7-6-10-21(15-17)29-14-13-24-22(28)12-11-19-16-30-23(25-19)26(18(2)27)20-8-4-3-5-9-20/h3-12,15-16H,13-14H2,1-2H3,(H,24,28)/b12-11+. The second kappa shape index (κ2) is 10.4. The van der Waals surface area contributed by atoms with Gasteiger partial charge in [0.25, 0.3) is 0 Å². The highest BCUT2D eigenvalue weighted by Gasteiger charge is 2.17. The monoisotopic (exact) mass is 421 g/mol. The number of hydrogen-bond acceptors (Lipinski definition) is 5. The molecule has 0 fully saturated rings. The number of nitrogens with zero attached hydrogens (tertiary/aromatic N) is 2. The Balaban J connectivity index is 1.52. The van der Waals surface area contributed by atoms with Gasteiger partial charge in [0.2, 0.25) is 11.8 Å². The normalized spacial score (nSPS) is 10.7. The molecule has 0 aliphatic rings. The van der Waals surface area contributed by atoms with Gasteiger partial charge in [-0.1, -0.05) is 30.3 Å². The molecule has 0 unspecified atom stereocenters. The highest BCUT2D eigenvalue weighted by atomic mass is 32.1. The Morgan fingerprint density at radius 2 is 1.97 bits per heavy atom. The molecule has 0 atom stereocenters. The van der Waals surface area contributed by atoms with E-state index in [4.69, 9.17) is 4.74 Å². The quantitative estimate of drug-likeness (QED) is 0.434. The van der Waals surface area contributed by atoms with Crippen LogP contribution in [0.4, 0.5) is 10.8 Å². The van der Waals surface area contributed by atoms with Crippen LogP contribution in [-0.4, -0.2) is 29.9 Å². The summed E-state index contributed by atoms with van der Waals surface area (Å²) in [4.78, 5) is 30.1. The summed E-state index contributed by atoms with van der Waals surface area (Å²) in [6.07, 6.45) is 3.05. The Labute approximate surface area is 179 Å². The van der Waals surface area contributed by atoms with Crippen molar-refractivity contribution in [1.82, 2.24) is 10.3 Å². The molecule has 0 aliphatic carbocycles. The van der Waals surface area contributed by atoms with E-state index >= 15 is 0 Å². The molecule has 0 saturated carbocycles. The van der Waals surface area contributed by atoms with Gasteiger partial charge >= 0.3 is 0 Å². The minimum atomic E-state index is -0.233. The number of carbonyl (C=O) groups is 2. The zero-order valence-corrected chi connectivity index (χ0v) is 17.7. The molecule has 7 heteroatoms. The first-order valence-corrected chi connectivity index (χ1v) is 10.4. The van der Waals surface area contributed by atoms with Crippen LogP contribution in [0.15, 0.2) is 66.1 Å². The van der Waals surface area contributed by atoms with Crippen LogP contribution in [0.1, 0.15) is 18.2 Å². The van der Waals surface area contributed by atoms with E-state index in [0.717, 1.165) is 17.0 Å². The molecule has 0 radical (unpaired) electrons. The van der Waals surface area contributed by atoms with Crippen LogP contribution >= 0.6 is 11.3 Å². The molecule has 0 aliphatic heterocycles. The smallest absolute Gasteiger partial charge is 0.244 e. The van der Waals surface area contributed by atoms with Crippen molar-refractivity contribution in [3.05, 3.63) is 77.3 Å². The Hall–Kier alpha value is -3.45. The van der Waals surface area contributed by atoms with E-state index in [1.807, 2.05) is 61.5 Å². The van der Waals surface area contributed by atoms with Crippen LogP contribution in [0, 0.1) is 6.92 Å². The molecule has 3 aromatic rings. The Morgan fingerprint density at radius 1 is 1.17 bits per heavy atom. The lowest BCUT2D eigenvalue weighted by Gasteiger charge is -2.17. The molecule has 0 spiro atoms.